The maximum atomic E-state index is 10.5. The highest BCUT2D eigenvalue weighted by Crippen LogP contribution is 2.11. The second-order valence-corrected chi connectivity index (χ2v) is 2.48. The third kappa shape index (κ3) is 22.6. The van der Waals surface area contributed by atoms with Gasteiger partial charge in [-0.2, -0.15) is 13.2 Å². The first-order chi connectivity index (χ1) is 5.47. The van der Waals surface area contributed by atoms with E-state index in [1.165, 1.54) is 25.7 Å². The molecule has 1 nitrogen and oxygen atoms in total. The molecule has 0 aliphatic rings. The minimum Gasteiger partial charge on any atom is -0.387 e. The van der Waals surface area contributed by atoms with Crippen LogP contribution in [0.3, 0.4) is 0 Å². The van der Waals surface area contributed by atoms with Crippen molar-refractivity contribution in [3.8, 4) is 0 Å². The average molecular weight is 186 g/mol. The Bertz CT molecular complexity index is 76.9. The Labute approximate surface area is 71.6 Å². The van der Waals surface area contributed by atoms with Crippen LogP contribution in [0.1, 0.15) is 39.5 Å². The maximum absolute atomic E-state index is 10.5. The number of alkyl halides is 3. The minimum absolute atomic E-state index is 1.36. The van der Waals surface area contributed by atoms with Gasteiger partial charge in [-0.25, -0.2) is 0 Å². The summed E-state index contributed by atoms with van der Waals surface area (Å²) in [5.41, 5.74) is 0. The third-order valence-electron chi connectivity index (χ3n) is 1.14. The fourth-order valence-corrected chi connectivity index (χ4v) is 0.500. The highest BCUT2D eigenvalue weighted by Gasteiger charge is 2.24. The molecule has 0 aliphatic carbocycles. The van der Waals surface area contributed by atoms with Gasteiger partial charge in [0.15, 0.2) is 0 Å². The fraction of sp³-hybridized carbons (Fsp3) is 1.00. The molecule has 0 radical (unpaired) electrons. The van der Waals surface area contributed by atoms with E-state index in [1.54, 1.807) is 0 Å². The number of unbranched alkanes of at least 4 members (excludes halogenated alkanes) is 3. The van der Waals surface area contributed by atoms with Crippen molar-refractivity contribution in [3.63, 3.8) is 0 Å². The van der Waals surface area contributed by atoms with Gasteiger partial charge in [-0.15, -0.1) is 0 Å². The molecule has 0 heterocycles. The van der Waals surface area contributed by atoms with Crippen LogP contribution in [0.15, 0.2) is 0 Å². The van der Waals surface area contributed by atoms with Crippen molar-refractivity contribution in [2.45, 2.75) is 45.7 Å². The van der Waals surface area contributed by atoms with Crippen LogP contribution in [-0.2, 0) is 0 Å². The van der Waals surface area contributed by atoms with Crippen LogP contribution in [0.4, 0.5) is 13.2 Å². The van der Waals surface area contributed by atoms with Gasteiger partial charge in [0.1, 0.15) is 6.61 Å². The highest BCUT2D eigenvalue weighted by atomic mass is 19.4. The molecule has 0 bridgehead atoms. The number of rotatable bonds is 3. The Morgan fingerprint density at radius 3 is 1.33 bits per heavy atom. The second kappa shape index (κ2) is 8.84. The number of aliphatic hydroxyl groups is 1. The van der Waals surface area contributed by atoms with E-state index in [0.717, 1.165) is 0 Å². The molecular weight excluding hydrogens is 169 g/mol. The van der Waals surface area contributed by atoms with Crippen molar-refractivity contribution in [2.75, 3.05) is 6.61 Å². The lowest BCUT2D eigenvalue weighted by molar-refractivity contribution is -0.159. The van der Waals surface area contributed by atoms with Crippen LogP contribution in [0.25, 0.3) is 0 Å². The fourth-order valence-electron chi connectivity index (χ4n) is 0.500. The summed E-state index contributed by atoms with van der Waals surface area (Å²) < 4.78 is 31.6. The number of halogens is 3. The number of hydrogen-bond acceptors (Lipinski definition) is 1. The van der Waals surface area contributed by atoms with Gasteiger partial charge in [0.25, 0.3) is 0 Å². The molecule has 4 heteroatoms. The molecule has 0 rings (SSSR count). The van der Waals surface area contributed by atoms with Gasteiger partial charge in [-0.1, -0.05) is 39.5 Å². The lowest BCUT2D eigenvalue weighted by Crippen LogP contribution is -2.12. The summed E-state index contributed by atoms with van der Waals surface area (Å²) in [7, 11) is 0. The van der Waals surface area contributed by atoms with Gasteiger partial charge in [-0.3, -0.25) is 0 Å². The normalized spacial score (nSPS) is 10.5. The molecule has 0 saturated carbocycles. The summed E-state index contributed by atoms with van der Waals surface area (Å²) in [6.07, 6.45) is 1.13. The molecule has 0 aromatic heterocycles. The predicted octanol–water partition coefficient (Wildman–Crippen LogP) is 3.13. The van der Waals surface area contributed by atoms with E-state index in [1.807, 2.05) is 0 Å². The molecule has 0 aliphatic heterocycles. The van der Waals surface area contributed by atoms with Crippen LogP contribution in [0.5, 0.6) is 0 Å². The largest absolute Gasteiger partial charge is 0.411 e. The Balaban J connectivity index is 0. The first-order valence-corrected chi connectivity index (χ1v) is 4.15. The van der Waals surface area contributed by atoms with Crippen molar-refractivity contribution in [1.29, 1.82) is 0 Å². The Kier molecular flexibility index (Phi) is 10.5. The summed E-state index contributed by atoms with van der Waals surface area (Å²) in [5.74, 6) is 0. The maximum Gasteiger partial charge on any atom is 0.411 e. The van der Waals surface area contributed by atoms with Crippen LogP contribution >= 0.6 is 0 Å². The minimum atomic E-state index is -4.40. The first-order valence-electron chi connectivity index (χ1n) is 4.15. The Morgan fingerprint density at radius 1 is 1.00 bits per heavy atom. The average Bonchev–Trinajstić information content (AvgIpc) is 2.01. The summed E-state index contributed by atoms with van der Waals surface area (Å²) in [5, 5.41) is 7.28. The van der Waals surface area contributed by atoms with E-state index in [-0.39, 0.29) is 0 Å². The van der Waals surface area contributed by atoms with Gasteiger partial charge in [0, 0.05) is 0 Å². The zero-order chi connectivity index (χ0) is 10.0. The molecule has 0 atom stereocenters. The van der Waals surface area contributed by atoms with Gasteiger partial charge in [0.2, 0.25) is 0 Å². The van der Waals surface area contributed by atoms with Gasteiger partial charge in [0.05, 0.1) is 0 Å². The third-order valence-corrected chi connectivity index (χ3v) is 1.14. The van der Waals surface area contributed by atoms with Gasteiger partial charge < -0.3 is 5.11 Å². The lowest BCUT2D eigenvalue weighted by atomic mass is 10.2. The van der Waals surface area contributed by atoms with Crippen molar-refractivity contribution in [2.24, 2.45) is 0 Å². The number of aliphatic hydroxyl groups excluding tert-OH is 1. The standard InChI is InChI=1S/C6H14.C2H3F3O/c1-3-5-6-4-2;3-2(4,5)1-6/h3-6H2,1-2H3;6H,1H2. The monoisotopic (exact) mass is 186 g/mol. The molecule has 12 heavy (non-hydrogen) atoms. The van der Waals surface area contributed by atoms with Gasteiger partial charge in [-0.05, 0) is 0 Å². The smallest absolute Gasteiger partial charge is 0.387 e. The molecule has 0 saturated heterocycles. The van der Waals surface area contributed by atoms with E-state index in [9.17, 15) is 13.2 Å². The molecule has 1 N–H and O–H groups in total. The summed E-state index contributed by atoms with van der Waals surface area (Å²) in [4.78, 5) is 0. The first kappa shape index (κ1) is 14.3. The van der Waals surface area contributed by atoms with Crippen LogP contribution in [0, 0.1) is 0 Å². The van der Waals surface area contributed by atoms with Crippen molar-refractivity contribution in [3.05, 3.63) is 0 Å². The summed E-state index contributed by atoms with van der Waals surface area (Å²) >= 11 is 0. The van der Waals surface area contributed by atoms with E-state index in [2.05, 4.69) is 13.8 Å². The second-order valence-electron chi connectivity index (χ2n) is 2.48. The molecule has 0 fully saturated rings. The van der Waals surface area contributed by atoms with Gasteiger partial charge >= 0.3 is 6.18 Å². The molecule has 0 aromatic rings. The SMILES string of the molecule is CCCCCC.OCC(F)(F)F. The lowest BCUT2D eigenvalue weighted by Gasteiger charge is -1.95. The molecule has 0 amide bonds. The predicted molar refractivity (Wildman–Crippen MR) is 43.0 cm³/mol. The number of hydrogen-bond donors (Lipinski definition) is 1. The van der Waals surface area contributed by atoms with E-state index in [4.69, 9.17) is 5.11 Å². The van der Waals surface area contributed by atoms with Crippen LogP contribution < -0.4 is 0 Å². The topological polar surface area (TPSA) is 20.2 Å². The summed E-state index contributed by atoms with van der Waals surface area (Å²) in [6.45, 7) is 2.73. The molecule has 76 valence electrons. The van der Waals surface area contributed by atoms with Crippen molar-refractivity contribution < 1.29 is 18.3 Å². The van der Waals surface area contributed by atoms with Crippen LogP contribution in [-0.4, -0.2) is 17.9 Å². The van der Waals surface area contributed by atoms with E-state index < -0.39 is 12.8 Å². The summed E-state index contributed by atoms with van der Waals surface area (Å²) in [6, 6.07) is 0. The molecule has 0 aromatic carbocycles. The molecular formula is C8H17F3O. The molecule has 0 unspecified atom stereocenters. The zero-order valence-corrected chi connectivity index (χ0v) is 7.62. The Hall–Kier alpha value is -0.250. The Morgan fingerprint density at radius 2 is 1.25 bits per heavy atom. The van der Waals surface area contributed by atoms with Crippen LogP contribution in [0.2, 0.25) is 0 Å². The highest BCUT2D eigenvalue weighted by molar-refractivity contribution is 4.39. The molecule has 0 spiro atoms. The van der Waals surface area contributed by atoms with E-state index in [0.29, 0.717) is 0 Å². The zero-order valence-electron chi connectivity index (χ0n) is 7.62. The quantitative estimate of drug-likeness (QED) is 0.671. The van der Waals surface area contributed by atoms with E-state index >= 15 is 0 Å². The van der Waals surface area contributed by atoms with Crippen molar-refractivity contribution >= 4 is 0 Å². The van der Waals surface area contributed by atoms with Crippen molar-refractivity contribution in [1.82, 2.24) is 0 Å².